The minimum Gasteiger partial charge on any atom is -0.348 e. The molecule has 3 rings (SSSR count). The van der Waals surface area contributed by atoms with Crippen molar-refractivity contribution in [2.75, 3.05) is 33.9 Å². The minimum absolute atomic E-state index is 0.00891. The number of sulfonamides is 1. The fraction of sp³-hybridized carbons (Fsp3) is 0.588. The molecule has 1 unspecified atom stereocenters. The van der Waals surface area contributed by atoms with Crippen molar-refractivity contribution in [1.29, 1.82) is 0 Å². The van der Waals surface area contributed by atoms with Crippen LogP contribution in [-0.4, -0.2) is 69.9 Å². The van der Waals surface area contributed by atoms with Gasteiger partial charge in [-0.2, -0.15) is 0 Å². The van der Waals surface area contributed by atoms with E-state index < -0.39 is 16.3 Å². The molecular formula is C17H24N2O6S. The van der Waals surface area contributed by atoms with E-state index in [0.29, 0.717) is 25.3 Å². The first kappa shape index (κ1) is 19.2. The normalized spacial score (nSPS) is 22.1. The van der Waals surface area contributed by atoms with Gasteiger partial charge in [-0.15, -0.1) is 0 Å². The van der Waals surface area contributed by atoms with Crippen LogP contribution in [0.25, 0.3) is 0 Å². The zero-order valence-electron chi connectivity index (χ0n) is 15.0. The number of ether oxygens (including phenoxy) is 2. The highest BCUT2D eigenvalue weighted by atomic mass is 32.2. The van der Waals surface area contributed by atoms with Crippen molar-refractivity contribution in [3.8, 4) is 0 Å². The Labute approximate surface area is 153 Å². The summed E-state index contributed by atoms with van der Waals surface area (Å²) in [6, 6.07) is 5.86. The van der Waals surface area contributed by atoms with Gasteiger partial charge in [-0.05, 0) is 37.5 Å². The Kier molecular flexibility index (Phi) is 5.93. The van der Waals surface area contributed by atoms with Crippen LogP contribution >= 0.6 is 0 Å². The molecule has 8 nitrogen and oxygen atoms in total. The maximum atomic E-state index is 13.1. The van der Waals surface area contributed by atoms with Gasteiger partial charge in [0, 0.05) is 19.2 Å². The molecule has 0 aromatic heterocycles. The number of hydroxylamine groups is 1. The van der Waals surface area contributed by atoms with E-state index >= 15 is 0 Å². The van der Waals surface area contributed by atoms with Crippen molar-refractivity contribution in [2.24, 2.45) is 0 Å². The van der Waals surface area contributed by atoms with Crippen LogP contribution in [0.1, 0.15) is 29.6 Å². The summed E-state index contributed by atoms with van der Waals surface area (Å²) in [5.74, 6) is -0.217. The molecule has 0 saturated carbocycles. The highest BCUT2D eigenvalue weighted by Crippen LogP contribution is 2.26. The summed E-state index contributed by atoms with van der Waals surface area (Å²) < 4.78 is 36.8. The molecule has 0 spiro atoms. The molecule has 0 bridgehead atoms. The van der Waals surface area contributed by atoms with Crippen LogP contribution in [0.4, 0.5) is 0 Å². The minimum atomic E-state index is -3.81. The van der Waals surface area contributed by atoms with E-state index in [1.54, 1.807) is 17.0 Å². The average molecular weight is 384 g/mol. The Morgan fingerprint density at radius 1 is 1.27 bits per heavy atom. The molecule has 1 aromatic rings. The van der Waals surface area contributed by atoms with Gasteiger partial charge in [0.1, 0.15) is 0 Å². The molecule has 2 heterocycles. The summed E-state index contributed by atoms with van der Waals surface area (Å²) in [5, 5.41) is 0. The Morgan fingerprint density at radius 3 is 2.69 bits per heavy atom. The molecule has 0 aliphatic carbocycles. The highest BCUT2D eigenvalue weighted by molar-refractivity contribution is 7.89. The SMILES string of the molecule is CON(C)S(=O)(=O)c1cccc(C(=O)N2CCCCC2C2OCCO2)c1. The van der Waals surface area contributed by atoms with E-state index in [2.05, 4.69) is 0 Å². The number of amides is 1. The second-order valence-electron chi connectivity index (χ2n) is 6.30. The lowest BCUT2D eigenvalue weighted by Gasteiger charge is -2.38. The van der Waals surface area contributed by atoms with Gasteiger partial charge < -0.3 is 14.4 Å². The monoisotopic (exact) mass is 384 g/mol. The number of rotatable bonds is 5. The Morgan fingerprint density at radius 2 is 2.00 bits per heavy atom. The third-order valence-electron chi connectivity index (χ3n) is 4.75. The lowest BCUT2D eigenvalue weighted by molar-refractivity contribution is -0.100. The molecule has 1 atom stereocenters. The van der Waals surface area contributed by atoms with Gasteiger partial charge in [0.05, 0.1) is 31.3 Å². The van der Waals surface area contributed by atoms with Gasteiger partial charge in [0.15, 0.2) is 6.29 Å². The second kappa shape index (κ2) is 8.01. The van der Waals surface area contributed by atoms with E-state index in [0.717, 1.165) is 23.7 Å². The summed E-state index contributed by atoms with van der Waals surface area (Å²) in [4.78, 5) is 19.6. The standard InChI is InChI=1S/C17H24N2O6S/c1-18(23-2)26(21,22)14-7-5-6-13(12-14)16(20)19-9-4-3-8-15(19)17-24-10-11-25-17/h5-7,12,15,17H,3-4,8-11H2,1-2H3. The number of hydrogen-bond donors (Lipinski definition) is 0. The van der Waals surface area contributed by atoms with Crippen molar-refractivity contribution in [3.63, 3.8) is 0 Å². The molecule has 9 heteroatoms. The molecule has 1 amide bonds. The van der Waals surface area contributed by atoms with Crippen LogP contribution in [0.2, 0.25) is 0 Å². The van der Waals surface area contributed by atoms with Crippen LogP contribution < -0.4 is 0 Å². The van der Waals surface area contributed by atoms with Crippen LogP contribution in [-0.2, 0) is 24.3 Å². The van der Waals surface area contributed by atoms with Crippen molar-refractivity contribution < 1.29 is 27.5 Å². The third-order valence-corrected chi connectivity index (χ3v) is 6.42. The number of likely N-dealkylation sites (tertiary alicyclic amines) is 1. The molecule has 0 radical (unpaired) electrons. The van der Waals surface area contributed by atoms with E-state index in [9.17, 15) is 13.2 Å². The fourth-order valence-corrected chi connectivity index (χ4v) is 4.31. The molecule has 2 aliphatic rings. The van der Waals surface area contributed by atoms with Gasteiger partial charge in [-0.25, -0.2) is 8.42 Å². The molecule has 1 aromatic carbocycles. The van der Waals surface area contributed by atoms with E-state index in [4.69, 9.17) is 14.3 Å². The third kappa shape index (κ3) is 3.77. The van der Waals surface area contributed by atoms with E-state index in [1.165, 1.54) is 26.3 Å². The Balaban J connectivity index is 1.86. The zero-order chi connectivity index (χ0) is 18.7. The molecule has 144 valence electrons. The second-order valence-corrected chi connectivity index (χ2v) is 8.23. The maximum absolute atomic E-state index is 13.1. The van der Waals surface area contributed by atoms with Gasteiger partial charge in [0.25, 0.3) is 15.9 Å². The lowest BCUT2D eigenvalue weighted by atomic mass is 10.00. The van der Waals surface area contributed by atoms with Crippen LogP contribution in [0.3, 0.4) is 0 Å². The molecule has 2 saturated heterocycles. The smallest absolute Gasteiger partial charge is 0.264 e. The number of piperidine rings is 1. The van der Waals surface area contributed by atoms with Crippen molar-refractivity contribution in [3.05, 3.63) is 29.8 Å². The fourth-order valence-electron chi connectivity index (χ4n) is 3.29. The molecule has 26 heavy (non-hydrogen) atoms. The molecule has 2 fully saturated rings. The first-order chi connectivity index (χ1) is 12.4. The van der Waals surface area contributed by atoms with Crippen LogP contribution in [0.5, 0.6) is 0 Å². The molecular weight excluding hydrogens is 360 g/mol. The molecule has 0 N–H and O–H groups in total. The highest BCUT2D eigenvalue weighted by Gasteiger charge is 2.36. The number of carbonyl (C=O) groups excluding carboxylic acids is 1. The Hall–Kier alpha value is -1.52. The number of hydrogen-bond acceptors (Lipinski definition) is 6. The number of carbonyl (C=O) groups is 1. The van der Waals surface area contributed by atoms with Crippen molar-refractivity contribution >= 4 is 15.9 Å². The molecule has 2 aliphatic heterocycles. The predicted molar refractivity (Wildman–Crippen MR) is 92.8 cm³/mol. The van der Waals surface area contributed by atoms with Crippen molar-refractivity contribution in [2.45, 2.75) is 36.5 Å². The van der Waals surface area contributed by atoms with Crippen LogP contribution in [0, 0.1) is 0 Å². The topological polar surface area (TPSA) is 85.4 Å². The summed E-state index contributed by atoms with van der Waals surface area (Å²) >= 11 is 0. The Bertz CT molecular complexity index is 747. The van der Waals surface area contributed by atoms with Gasteiger partial charge >= 0.3 is 0 Å². The summed E-state index contributed by atoms with van der Waals surface area (Å²) in [5.41, 5.74) is 0.320. The number of benzene rings is 1. The predicted octanol–water partition coefficient (Wildman–Crippen LogP) is 1.24. The van der Waals surface area contributed by atoms with Gasteiger partial charge in [0.2, 0.25) is 0 Å². The summed E-state index contributed by atoms with van der Waals surface area (Å²) in [7, 11) is -1.24. The number of nitrogens with zero attached hydrogens (tertiary/aromatic N) is 2. The largest absolute Gasteiger partial charge is 0.348 e. The summed E-state index contributed by atoms with van der Waals surface area (Å²) in [6.45, 7) is 1.65. The average Bonchev–Trinajstić information content (AvgIpc) is 3.21. The van der Waals surface area contributed by atoms with Crippen LogP contribution in [0.15, 0.2) is 29.2 Å². The summed E-state index contributed by atoms with van der Waals surface area (Å²) in [6.07, 6.45) is 2.30. The van der Waals surface area contributed by atoms with E-state index in [-0.39, 0.29) is 16.8 Å². The van der Waals surface area contributed by atoms with Gasteiger partial charge in [-0.3, -0.25) is 9.63 Å². The van der Waals surface area contributed by atoms with E-state index in [1.807, 2.05) is 0 Å². The first-order valence-electron chi connectivity index (χ1n) is 8.62. The lowest BCUT2D eigenvalue weighted by Crippen LogP contribution is -2.50. The first-order valence-corrected chi connectivity index (χ1v) is 10.1. The maximum Gasteiger partial charge on any atom is 0.264 e. The van der Waals surface area contributed by atoms with Gasteiger partial charge in [-0.1, -0.05) is 10.5 Å². The van der Waals surface area contributed by atoms with Crippen molar-refractivity contribution in [1.82, 2.24) is 9.37 Å². The quantitative estimate of drug-likeness (QED) is 0.710. The zero-order valence-corrected chi connectivity index (χ0v) is 15.8.